The van der Waals surface area contributed by atoms with Crippen LogP contribution in [0.1, 0.15) is 12.5 Å². The van der Waals surface area contributed by atoms with Crippen LogP contribution in [0.15, 0.2) is 32.9 Å². The highest BCUT2D eigenvalue weighted by atomic mass is 32.2. The van der Waals surface area contributed by atoms with Crippen molar-refractivity contribution >= 4 is 11.8 Å². The Morgan fingerprint density at radius 3 is 2.43 bits per heavy atom. The second-order valence-corrected chi connectivity index (χ2v) is 5.73. The van der Waals surface area contributed by atoms with E-state index in [0.717, 1.165) is 34.5 Å². The molecule has 120 valence electrons. The molecule has 0 aliphatic heterocycles. The Morgan fingerprint density at radius 1 is 1.22 bits per heavy atom. The van der Waals surface area contributed by atoms with Gasteiger partial charge in [-0.3, -0.25) is 4.57 Å². The van der Waals surface area contributed by atoms with E-state index < -0.39 is 29.6 Å². The molecule has 0 fully saturated rings. The molecule has 0 aliphatic carbocycles. The van der Waals surface area contributed by atoms with Crippen LogP contribution < -0.4 is 11.4 Å². The Morgan fingerprint density at radius 2 is 1.87 bits per heavy atom. The molecule has 0 amide bonds. The maximum atomic E-state index is 13.3. The quantitative estimate of drug-likeness (QED) is 0.769. The minimum atomic E-state index is -0.825. The number of aromatic nitrogens is 3. The number of halogens is 2. The molecule has 6 nitrogen and oxygen atoms in total. The van der Waals surface area contributed by atoms with E-state index in [0.29, 0.717) is 10.3 Å². The van der Waals surface area contributed by atoms with E-state index in [4.69, 9.17) is 5.26 Å². The molecule has 0 spiro atoms. The van der Waals surface area contributed by atoms with Gasteiger partial charge >= 0.3 is 11.4 Å². The smallest absolute Gasteiger partial charge is 0.268 e. The second-order valence-electron chi connectivity index (χ2n) is 4.50. The van der Waals surface area contributed by atoms with Crippen LogP contribution in [-0.4, -0.2) is 19.9 Å². The number of nitriles is 1. The SMILES string of the molecule is CCSc1nc(=O)n(CC#N)c(=O)n1Cc1cc(F)cc(F)c1. The first-order chi connectivity index (χ1) is 11.0. The molecular weight excluding hydrogens is 326 g/mol. The normalized spacial score (nSPS) is 10.5. The van der Waals surface area contributed by atoms with Gasteiger partial charge in [-0.15, -0.1) is 0 Å². The van der Waals surface area contributed by atoms with Gasteiger partial charge in [-0.2, -0.15) is 10.2 Å². The van der Waals surface area contributed by atoms with Gasteiger partial charge in [-0.05, 0) is 23.4 Å². The summed E-state index contributed by atoms with van der Waals surface area (Å²) in [5.41, 5.74) is -1.35. The Balaban J connectivity index is 2.59. The van der Waals surface area contributed by atoms with Crippen molar-refractivity contribution in [2.75, 3.05) is 5.75 Å². The number of thioether (sulfide) groups is 1. The molecule has 0 N–H and O–H groups in total. The molecule has 2 aromatic rings. The fourth-order valence-corrected chi connectivity index (χ4v) is 2.68. The Kier molecular flexibility index (Phi) is 5.28. The van der Waals surface area contributed by atoms with Crippen LogP contribution in [0.25, 0.3) is 0 Å². The number of hydrogen-bond donors (Lipinski definition) is 0. The van der Waals surface area contributed by atoms with Crippen LogP contribution in [0, 0.1) is 23.0 Å². The summed E-state index contributed by atoms with van der Waals surface area (Å²) in [5.74, 6) is -0.988. The van der Waals surface area contributed by atoms with E-state index in [1.807, 2.05) is 6.92 Å². The predicted octanol–water partition coefficient (Wildman–Crippen LogP) is 1.37. The molecule has 1 aromatic heterocycles. The van der Waals surface area contributed by atoms with E-state index in [1.165, 1.54) is 0 Å². The summed E-state index contributed by atoms with van der Waals surface area (Å²) in [7, 11) is 0. The Labute approximate surface area is 134 Å². The lowest BCUT2D eigenvalue weighted by atomic mass is 10.2. The van der Waals surface area contributed by atoms with Gasteiger partial charge in [0.2, 0.25) is 0 Å². The third kappa shape index (κ3) is 3.84. The van der Waals surface area contributed by atoms with Crippen molar-refractivity contribution in [3.63, 3.8) is 0 Å². The van der Waals surface area contributed by atoms with Gasteiger partial charge in [-0.1, -0.05) is 18.7 Å². The molecular formula is C14H12F2N4O2S. The average Bonchev–Trinajstić information content (AvgIpc) is 2.47. The van der Waals surface area contributed by atoms with Gasteiger partial charge in [0.15, 0.2) is 5.16 Å². The molecule has 0 saturated heterocycles. The summed E-state index contributed by atoms with van der Waals surface area (Å²) >= 11 is 1.15. The molecule has 0 radical (unpaired) electrons. The molecule has 1 heterocycles. The highest BCUT2D eigenvalue weighted by Crippen LogP contribution is 2.14. The molecule has 0 bridgehead atoms. The van der Waals surface area contributed by atoms with Crippen LogP contribution in [0.2, 0.25) is 0 Å². The third-order valence-corrected chi connectivity index (χ3v) is 3.74. The van der Waals surface area contributed by atoms with Crippen LogP contribution >= 0.6 is 11.8 Å². The summed E-state index contributed by atoms with van der Waals surface area (Å²) in [4.78, 5) is 28.0. The summed E-state index contributed by atoms with van der Waals surface area (Å²) < 4.78 is 28.4. The van der Waals surface area contributed by atoms with Gasteiger partial charge in [0.25, 0.3) is 0 Å². The van der Waals surface area contributed by atoms with Crippen LogP contribution in [0.5, 0.6) is 0 Å². The van der Waals surface area contributed by atoms with Gasteiger partial charge in [-0.25, -0.2) is 22.9 Å². The zero-order valence-corrected chi connectivity index (χ0v) is 12.9. The molecule has 0 saturated carbocycles. The lowest BCUT2D eigenvalue weighted by Crippen LogP contribution is -2.42. The minimum Gasteiger partial charge on any atom is -0.268 e. The summed E-state index contributed by atoms with van der Waals surface area (Å²) in [6.45, 7) is 1.21. The zero-order valence-electron chi connectivity index (χ0n) is 12.1. The number of rotatable bonds is 5. The van der Waals surface area contributed by atoms with Crippen molar-refractivity contribution in [2.24, 2.45) is 0 Å². The molecule has 0 aliphatic rings. The van der Waals surface area contributed by atoms with Crippen molar-refractivity contribution in [3.05, 3.63) is 56.4 Å². The van der Waals surface area contributed by atoms with E-state index in [-0.39, 0.29) is 17.3 Å². The van der Waals surface area contributed by atoms with Crippen molar-refractivity contribution in [2.45, 2.75) is 25.2 Å². The largest absolute Gasteiger partial charge is 0.355 e. The van der Waals surface area contributed by atoms with Gasteiger partial charge in [0.05, 0.1) is 12.6 Å². The highest BCUT2D eigenvalue weighted by molar-refractivity contribution is 7.99. The molecule has 1 aromatic carbocycles. The molecule has 2 rings (SSSR count). The topological polar surface area (TPSA) is 80.7 Å². The van der Waals surface area contributed by atoms with Gasteiger partial charge < -0.3 is 0 Å². The lowest BCUT2D eigenvalue weighted by molar-refractivity contribution is 0.526. The first kappa shape index (κ1) is 16.9. The number of hydrogen-bond acceptors (Lipinski definition) is 5. The monoisotopic (exact) mass is 338 g/mol. The number of benzene rings is 1. The summed E-state index contributed by atoms with van der Waals surface area (Å²) in [5, 5.41) is 8.84. The molecule has 9 heteroatoms. The van der Waals surface area contributed by atoms with Crippen LogP contribution in [-0.2, 0) is 13.1 Å². The number of nitrogens with zero attached hydrogens (tertiary/aromatic N) is 4. The van der Waals surface area contributed by atoms with E-state index in [2.05, 4.69) is 4.98 Å². The van der Waals surface area contributed by atoms with E-state index in [9.17, 15) is 18.4 Å². The van der Waals surface area contributed by atoms with Gasteiger partial charge in [0, 0.05) is 6.07 Å². The van der Waals surface area contributed by atoms with Crippen molar-refractivity contribution in [1.82, 2.24) is 14.1 Å². The zero-order chi connectivity index (χ0) is 17.0. The van der Waals surface area contributed by atoms with E-state index >= 15 is 0 Å². The maximum Gasteiger partial charge on any atom is 0.355 e. The lowest BCUT2D eigenvalue weighted by Gasteiger charge is -2.12. The molecule has 23 heavy (non-hydrogen) atoms. The summed E-state index contributed by atoms with van der Waals surface area (Å²) in [6, 6.07) is 4.62. The van der Waals surface area contributed by atoms with Crippen molar-refractivity contribution < 1.29 is 8.78 Å². The Bertz CT molecular complexity index is 866. The first-order valence-corrected chi connectivity index (χ1v) is 7.61. The highest BCUT2D eigenvalue weighted by Gasteiger charge is 2.14. The van der Waals surface area contributed by atoms with E-state index in [1.54, 1.807) is 6.07 Å². The third-order valence-electron chi connectivity index (χ3n) is 2.88. The standard InChI is InChI=1S/C14H12F2N4O2S/c1-2-23-13-18-12(21)19(4-3-17)14(22)20(13)8-9-5-10(15)7-11(16)6-9/h5-7H,2,4,8H2,1H3. The fourth-order valence-electron chi connectivity index (χ4n) is 1.98. The first-order valence-electron chi connectivity index (χ1n) is 6.62. The minimum absolute atomic E-state index is 0.140. The van der Waals surface area contributed by atoms with Crippen LogP contribution in [0.4, 0.5) is 8.78 Å². The van der Waals surface area contributed by atoms with Crippen molar-refractivity contribution in [3.8, 4) is 6.07 Å². The molecule has 0 atom stereocenters. The predicted molar refractivity (Wildman–Crippen MR) is 80.2 cm³/mol. The average molecular weight is 338 g/mol. The Hall–Kier alpha value is -2.47. The fraction of sp³-hybridized carbons (Fsp3) is 0.286. The van der Waals surface area contributed by atoms with Crippen LogP contribution in [0.3, 0.4) is 0 Å². The van der Waals surface area contributed by atoms with Gasteiger partial charge in [0.1, 0.15) is 18.2 Å². The molecule has 0 unspecified atom stereocenters. The second kappa shape index (κ2) is 7.19. The summed E-state index contributed by atoms with van der Waals surface area (Å²) in [6.07, 6.45) is 0. The van der Waals surface area contributed by atoms with Crippen molar-refractivity contribution in [1.29, 1.82) is 5.26 Å². The maximum absolute atomic E-state index is 13.3.